The molecular formula is C20H28O3. The third-order valence-corrected chi connectivity index (χ3v) is 5.25. The van der Waals surface area contributed by atoms with Crippen LogP contribution >= 0.6 is 0 Å². The summed E-state index contributed by atoms with van der Waals surface area (Å²) in [6.07, 6.45) is 4.36. The van der Waals surface area contributed by atoms with Crippen molar-refractivity contribution in [2.45, 2.75) is 51.6 Å². The first-order valence-corrected chi connectivity index (χ1v) is 8.36. The van der Waals surface area contributed by atoms with Crippen molar-refractivity contribution in [2.24, 2.45) is 11.8 Å². The number of benzene rings is 1. The number of hydrogen-bond donors (Lipinski definition) is 0. The summed E-state index contributed by atoms with van der Waals surface area (Å²) in [6, 6.07) is 8.22. The number of esters is 1. The van der Waals surface area contributed by atoms with Gasteiger partial charge < -0.3 is 9.47 Å². The van der Waals surface area contributed by atoms with Crippen molar-refractivity contribution < 1.29 is 14.3 Å². The second-order valence-corrected chi connectivity index (χ2v) is 7.15. The van der Waals surface area contributed by atoms with Crippen molar-refractivity contribution in [2.75, 3.05) is 7.11 Å². The highest BCUT2D eigenvalue weighted by molar-refractivity contribution is 5.81. The van der Waals surface area contributed by atoms with E-state index in [1.165, 1.54) is 18.1 Å². The van der Waals surface area contributed by atoms with Crippen LogP contribution in [0.2, 0.25) is 0 Å². The lowest BCUT2D eigenvalue weighted by Crippen LogP contribution is -2.43. The van der Waals surface area contributed by atoms with Crippen molar-refractivity contribution >= 4 is 5.97 Å². The molecule has 2 rings (SSSR count). The fourth-order valence-electron chi connectivity index (χ4n) is 3.72. The summed E-state index contributed by atoms with van der Waals surface area (Å²) in [6.45, 7) is 10.2. The Bertz CT molecular complexity index is 545. The average Bonchev–Trinajstić information content (AvgIpc) is 2.54. The van der Waals surface area contributed by atoms with Crippen LogP contribution in [0.5, 0.6) is 5.75 Å². The van der Waals surface area contributed by atoms with Gasteiger partial charge in [-0.2, -0.15) is 0 Å². The molecule has 0 aliphatic heterocycles. The molecule has 0 radical (unpaired) electrons. The second kappa shape index (κ2) is 7.20. The Morgan fingerprint density at radius 3 is 2.48 bits per heavy atom. The lowest BCUT2D eigenvalue weighted by Gasteiger charge is -2.43. The molecule has 3 nitrogen and oxygen atoms in total. The molecule has 0 spiro atoms. The van der Waals surface area contributed by atoms with Crippen molar-refractivity contribution in [1.29, 1.82) is 0 Å². The van der Waals surface area contributed by atoms with E-state index in [1.807, 2.05) is 12.1 Å². The Morgan fingerprint density at radius 2 is 1.91 bits per heavy atom. The predicted octanol–water partition coefficient (Wildman–Crippen LogP) is 4.51. The standard InChI is InChI=1S/C20H28O3/c1-6-19(21)23-18-13-14(2)7-12-17(18)20(3,4)15-8-10-16(22-5)11-9-15/h6,8-11,14,17-18H,1,7,12-13H2,2-5H3/t14-,17-,18-/m1/s1. The summed E-state index contributed by atoms with van der Waals surface area (Å²) in [5.41, 5.74) is 1.18. The van der Waals surface area contributed by atoms with Crippen LogP contribution in [0, 0.1) is 11.8 Å². The molecule has 126 valence electrons. The van der Waals surface area contributed by atoms with Crippen molar-refractivity contribution in [3.05, 3.63) is 42.5 Å². The maximum atomic E-state index is 11.7. The van der Waals surface area contributed by atoms with Gasteiger partial charge in [-0.25, -0.2) is 4.79 Å². The second-order valence-electron chi connectivity index (χ2n) is 7.15. The molecule has 0 amide bonds. The van der Waals surface area contributed by atoms with E-state index >= 15 is 0 Å². The van der Waals surface area contributed by atoms with Crippen molar-refractivity contribution in [3.8, 4) is 5.75 Å². The summed E-state index contributed by atoms with van der Waals surface area (Å²) >= 11 is 0. The lowest BCUT2D eigenvalue weighted by molar-refractivity contribution is -0.150. The minimum atomic E-state index is -0.320. The maximum absolute atomic E-state index is 11.7. The Kier molecular flexibility index (Phi) is 5.51. The van der Waals surface area contributed by atoms with Gasteiger partial charge in [0.05, 0.1) is 7.11 Å². The molecule has 0 heterocycles. The van der Waals surface area contributed by atoms with Crippen LogP contribution in [0.1, 0.15) is 45.6 Å². The Balaban J connectivity index is 2.25. The Morgan fingerprint density at radius 1 is 1.26 bits per heavy atom. The average molecular weight is 316 g/mol. The highest BCUT2D eigenvalue weighted by Crippen LogP contribution is 2.43. The number of rotatable bonds is 5. The molecule has 1 aromatic rings. The SMILES string of the molecule is C=CC(=O)O[C@@H]1C[C@H](C)CC[C@H]1C(C)(C)c1ccc(OC)cc1. The Hall–Kier alpha value is -1.77. The van der Waals surface area contributed by atoms with Gasteiger partial charge >= 0.3 is 5.97 Å². The van der Waals surface area contributed by atoms with Crippen molar-refractivity contribution in [3.63, 3.8) is 0 Å². The molecule has 0 saturated heterocycles. The zero-order valence-electron chi connectivity index (χ0n) is 14.7. The van der Waals surface area contributed by atoms with E-state index in [2.05, 4.69) is 39.5 Å². The summed E-state index contributed by atoms with van der Waals surface area (Å²) < 4.78 is 10.9. The molecule has 0 bridgehead atoms. The molecule has 0 unspecified atom stereocenters. The minimum absolute atomic E-state index is 0.0543. The maximum Gasteiger partial charge on any atom is 0.330 e. The van der Waals surface area contributed by atoms with Crippen molar-refractivity contribution in [1.82, 2.24) is 0 Å². The quantitative estimate of drug-likeness (QED) is 0.592. The van der Waals surface area contributed by atoms with E-state index in [4.69, 9.17) is 9.47 Å². The molecule has 3 heteroatoms. The van der Waals surface area contributed by atoms with Crippen LogP contribution in [0.15, 0.2) is 36.9 Å². The van der Waals surface area contributed by atoms with Gasteiger partial charge in [0.15, 0.2) is 0 Å². The van der Waals surface area contributed by atoms with E-state index in [9.17, 15) is 4.79 Å². The van der Waals surface area contributed by atoms with Gasteiger partial charge in [-0.1, -0.05) is 45.9 Å². The van der Waals surface area contributed by atoms with Crippen LogP contribution in [0.3, 0.4) is 0 Å². The van der Waals surface area contributed by atoms with E-state index in [1.54, 1.807) is 7.11 Å². The smallest absolute Gasteiger partial charge is 0.330 e. The van der Waals surface area contributed by atoms with Gasteiger partial charge in [0.1, 0.15) is 11.9 Å². The van der Waals surface area contributed by atoms with Gasteiger partial charge in [0.25, 0.3) is 0 Å². The number of hydrogen-bond acceptors (Lipinski definition) is 3. The highest BCUT2D eigenvalue weighted by atomic mass is 16.5. The fraction of sp³-hybridized carbons (Fsp3) is 0.550. The number of carbonyl (C=O) groups is 1. The van der Waals surface area contributed by atoms with E-state index in [0.717, 1.165) is 18.6 Å². The Labute approximate surface area is 139 Å². The van der Waals surface area contributed by atoms with Crippen LogP contribution in [0.4, 0.5) is 0 Å². The van der Waals surface area contributed by atoms with Gasteiger partial charge in [0.2, 0.25) is 0 Å². The van der Waals surface area contributed by atoms with Gasteiger partial charge in [-0.05, 0) is 41.9 Å². The van der Waals surface area contributed by atoms with Crippen LogP contribution < -0.4 is 4.74 Å². The molecular weight excluding hydrogens is 288 g/mol. The highest BCUT2D eigenvalue weighted by Gasteiger charge is 2.41. The molecule has 3 atom stereocenters. The molecule has 1 saturated carbocycles. The molecule has 1 aliphatic carbocycles. The van der Waals surface area contributed by atoms with Crippen LogP contribution in [0.25, 0.3) is 0 Å². The van der Waals surface area contributed by atoms with E-state index < -0.39 is 0 Å². The van der Waals surface area contributed by atoms with Gasteiger partial charge in [-0.3, -0.25) is 0 Å². The summed E-state index contributed by atoms with van der Waals surface area (Å²) in [7, 11) is 1.67. The normalized spacial score (nSPS) is 24.8. The molecule has 1 fully saturated rings. The largest absolute Gasteiger partial charge is 0.497 e. The molecule has 1 aromatic carbocycles. The third-order valence-electron chi connectivity index (χ3n) is 5.25. The molecule has 23 heavy (non-hydrogen) atoms. The summed E-state index contributed by atoms with van der Waals surface area (Å²) in [5, 5.41) is 0. The lowest BCUT2D eigenvalue weighted by atomic mass is 9.64. The topological polar surface area (TPSA) is 35.5 Å². The zero-order chi connectivity index (χ0) is 17.0. The predicted molar refractivity (Wildman–Crippen MR) is 92.6 cm³/mol. The molecule has 0 aromatic heterocycles. The van der Waals surface area contributed by atoms with Gasteiger partial charge in [0, 0.05) is 12.0 Å². The third kappa shape index (κ3) is 3.95. The molecule has 0 N–H and O–H groups in total. The van der Waals surface area contributed by atoms with Crippen LogP contribution in [-0.2, 0) is 14.9 Å². The zero-order valence-corrected chi connectivity index (χ0v) is 14.7. The van der Waals surface area contributed by atoms with E-state index in [0.29, 0.717) is 11.8 Å². The number of carbonyl (C=O) groups excluding carboxylic acids is 1. The number of ether oxygens (including phenoxy) is 2. The first kappa shape index (κ1) is 17.6. The summed E-state index contributed by atoms with van der Waals surface area (Å²) in [5.74, 6) is 1.42. The van der Waals surface area contributed by atoms with E-state index in [-0.39, 0.29) is 17.5 Å². The summed E-state index contributed by atoms with van der Waals surface area (Å²) in [4.78, 5) is 11.7. The molecule has 1 aliphatic rings. The monoisotopic (exact) mass is 316 g/mol. The van der Waals surface area contributed by atoms with Gasteiger partial charge in [-0.15, -0.1) is 0 Å². The van der Waals surface area contributed by atoms with Crippen LogP contribution in [-0.4, -0.2) is 19.2 Å². The number of methoxy groups -OCH3 is 1. The first-order valence-electron chi connectivity index (χ1n) is 8.36. The fourth-order valence-corrected chi connectivity index (χ4v) is 3.72. The minimum Gasteiger partial charge on any atom is -0.497 e. The first-order chi connectivity index (χ1) is 10.9.